The van der Waals surface area contributed by atoms with Crippen LogP contribution >= 0.6 is 0 Å². The molecule has 6 aromatic rings. The number of aromatic nitrogens is 2. The van der Waals surface area contributed by atoms with Crippen LogP contribution in [0.3, 0.4) is 0 Å². The van der Waals surface area contributed by atoms with E-state index in [-0.39, 0.29) is 0 Å². The predicted molar refractivity (Wildman–Crippen MR) is 127 cm³/mol. The number of hydrogen-bond acceptors (Lipinski definition) is 0. The van der Waals surface area contributed by atoms with Gasteiger partial charge >= 0.3 is 0 Å². The number of para-hydroxylation sites is 2. The van der Waals surface area contributed by atoms with Crippen molar-refractivity contribution in [1.29, 1.82) is 0 Å². The lowest BCUT2D eigenvalue weighted by Gasteiger charge is -1.94. The zero-order chi connectivity index (χ0) is 20.2. The van der Waals surface area contributed by atoms with E-state index in [2.05, 4.69) is 107 Å². The lowest BCUT2D eigenvalue weighted by Crippen LogP contribution is -1.74. The van der Waals surface area contributed by atoms with E-state index in [1.807, 2.05) is 24.3 Å². The Balaban J connectivity index is 0.000000128. The van der Waals surface area contributed by atoms with Crippen molar-refractivity contribution in [1.82, 2.24) is 9.97 Å². The zero-order valence-electron chi connectivity index (χ0n) is 16.5. The monoisotopic (exact) mass is 386 g/mol. The molecular formula is C28H22N2. The Labute approximate surface area is 175 Å². The van der Waals surface area contributed by atoms with Gasteiger partial charge in [-0.15, -0.1) is 0 Å². The fraction of sp³-hybridized carbons (Fsp3) is 0. The fourth-order valence-electron chi connectivity index (χ4n) is 3.69. The number of rotatable bonds is 2. The molecule has 2 heterocycles. The van der Waals surface area contributed by atoms with Gasteiger partial charge in [-0.25, -0.2) is 0 Å². The Morgan fingerprint density at radius 3 is 1.13 bits per heavy atom. The van der Waals surface area contributed by atoms with E-state index < -0.39 is 0 Å². The third-order valence-electron chi connectivity index (χ3n) is 5.23. The number of benzene rings is 4. The van der Waals surface area contributed by atoms with E-state index in [0.717, 1.165) is 0 Å². The fourth-order valence-corrected chi connectivity index (χ4v) is 3.69. The highest BCUT2D eigenvalue weighted by molar-refractivity contribution is 5.86. The molecule has 4 aromatic carbocycles. The molecule has 0 aliphatic heterocycles. The minimum Gasteiger partial charge on any atom is -0.355 e. The first kappa shape index (κ1) is 18.0. The van der Waals surface area contributed by atoms with Gasteiger partial charge in [0, 0.05) is 33.2 Å². The molecule has 0 saturated carbocycles. The zero-order valence-corrected chi connectivity index (χ0v) is 16.5. The van der Waals surface area contributed by atoms with Crippen LogP contribution < -0.4 is 0 Å². The van der Waals surface area contributed by atoms with Crippen LogP contribution in [0.15, 0.2) is 121 Å². The van der Waals surface area contributed by atoms with Crippen LogP contribution in [0.1, 0.15) is 0 Å². The number of aromatic amines is 2. The molecule has 0 saturated heterocycles. The molecule has 2 nitrogen and oxygen atoms in total. The van der Waals surface area contributed by atoms with Gasteiger partial charge in [0.2, 0.25) is 0 Å². The Hall–Kier alpha value is -4.04. The number of hydrogen-bond donors (Lipinski definition) is 2. The molecule has 0 aliphatic rings. The van der Waals surface area contributed by atoms with Crippen molar-refractivity contribution in [2.24, 2.45) is 0 Å². The van der Waals surface area contributed by atoms with Crippen LogP contribution in [-0.4, -0.2) is 9.97 Å². The van der Waals surface area contributed by atoms with Crippen molar-refractivity contribution in [2.75, 3.05) is 0 Å². The summed E-state index contributed by atoms with van der Waals surface area (Å²) in [5.41, 5.74) is 7.20. The van der Waals surface area contributed by atoms with E-state index in [4.69, 9.17) is 0 Å². The van der Waals surface area contributed by atoms with Crippen molar-refractivity contribution in [3.63, 3.8) is 0 Å². The summed E-state index contributed by atoms with van der Waals surface area (Å²) in [6.07, 6.45) is 0. The van der Waals surface area contributed by atoms with Gasteiger partial charge in [-0.2, -0.15) is 0 Å². The lowest BCUT2D eigenvalue weighted by atomic mass is 10.1. The normalized spacial score (nSPS) is 10.7. The highest BCUT2D eigenvalue weighted by Gasteiger charge is 2.02. The number of nitrogens with one attached hydrogen (secondary N) is 2. The second kappa shape index (κ2) is 8.14. The summed E-state index contributed by atoms with van der Waals surface area (Å²) in [6, 6.07) is 41.8. The van der Waals surface area contributed by atoms with Crippen LogP contribution in [-0.2, 0) is 0 Å². The van der Waals surface area contributed by atoms with Gasteiger partial charge in [0.05, 0.1) is 0 Å². The van der Waals surface area contributed by atoms with Crippen LogP contribution in [0.2, 0.25) is 0 Å². The van der Waals surface area contributed by atoms with Gasteiger partial charge in [-0.1, -0.05) is 97.1 Å². The van der Waals surface area contributed by atoms with Crippen molar-refractivity contribution >= 4 is 21.8 Å². The highest BCUT2D eigenvalue weighted by atomic mass is 14.7. The predicted octanol–water partition coefficient (Wildman–Crippen LogP) is 7.67. The van der Waals surface area contributed by atoms with E-state index in [9.17, 15) is 0 Å². The summed E-state index contributed by atoms with van der Waals surface area (Å²) in [6.45, 7) is 0. The third kappa shape index (κ3) is 3.76. The Bertz CT molecular complexity index is 1200. The molecule has 0 atom stereocenters. The second-order valence-electron chi connectivity index (χ2n) is 7.27. The average molecular weight is 386 g/mol. The SMILES string of the molecule is c1ccc(-c2cc3ccccc3[nH]2)cc1.c1ccc(-c2cc3ccccc3[nH]2)cc1. The Morgan fingerprint density at radius 1 is 0.367 bits per heavy atom. The highest BCUT2D eigenvalue weighted by Crippen LogP contribution is 2.24. The smallest absolute Gasteiger partial charge is 0.0464 e. The molecule has 0 radical (unpaired) electrons. The van der Waals surface area contributed by atoms with E-state index in [1.165, 1.54) is 44.3 Å². The van der Waals surface area contributed by atoms with E-state index >= 15 is 0 Å². The minimum atomic E-state index is 1.18. The number of fused-ring (bicyclic) bond motifs is 2. The molecule has 0 fully saturated rings. The van der Waals surface area contributed by atoms with Gasteiger partial charge in [0.25, 0.3) is 0 Å². The van der Waals surface area contributed by atoms with Crippen molar-refractivity contribution in [3.8, 4) is 22.5 Å². The van der Waals surface area contributed by atoms with Crippen LogP contribution in [0.5, 0.6) is 0 Å². The van der Waals surface area contributed by atoms with E-state index in [1.54, 1.807) is 0 Å². The summed E-state index contributed by atoms with van der Waals surface area (Å²) < 4.78 is 0. The largest absolute Gasteiger partial charge is 0.355 e. The summed E-state index contributed by atoms with van der Waals surface area (Å²) >= 11 is 0. The van der Waals surface area contributed by atoms with Gasteiger partial charge in [0.1, 0.15) is 0 Å². The van der Waals surface area contributed by atoms with Crippen molar-refractivity contribution < 1.29 is 0 Å². The molecule has 6 rings (SSSR count). The second-order valence-corrected chi connectivity index (χ2v) is 7.27. The Kier molecular flexibility index (Phi) is 4.89. The minimum absolute atomic E-state index is 1.18. The summed E-state index contributed by atoms with van der Waals surface area (Å²) in [4.78, 5) is 6.82. The van der Waals surface area contributed by atoms with Crippen LogP contribution in [0, 0.1) is 0 Å². The summed E-state index contributed by atoms with van der Waals surface area (Å²) in [5.74, 6) is 0. The number of H-pyrrole nitrogens is 2. The molecule has 2 N–H and O–H groups in total. The molecule has 2 aromatic heterocycles. The lowest BCUT2D eigenvalue weighted by molar-refractivity contribution is 1.45. The molecule has 0 spiro atoms. The first-order chi connectivity index (χ1) is 14.9. The maximum atomic E-state index is 3.41. The van der Waals surface area contributed by atoms with Gasteiger partial charge in [-0.05, 0) is 35.4 Å². The van der Waals surface area contributed by atoms with E-state index in [0.29, 0.717) is 0 Å². The molecule has 30 heavy (non-hydrogen) atoms. The first-order valence-corrected chi connectivity index (χ1v) is 10.1. The van der Waals surface area contributed by atoms with Crippen LogP contribution in [0.4, 0.5) is 0 Å². The van der Waals surface area contributed by atoms with Crippen LogP contribution in [0.25, 0.3) is 44.3 Å². The molecule has 144 valence electrons. The van der Waals surface area contributed by atoms with Gasteiger partial charge in [-0.3, -0.25) is 0 Å². The topological polar surface area (TPSA) is 31.6 Å². The standard InChI is InChI=1S/2C14H11N/c2*1-2-6-11(7-3-1)14-10-12-8-4-5-9-13(12)15-14/h2*1-10,15H. The molecule has 0 bridgehead atoms. The van der Waals surface area contributed by atoms with Gasteiger partial charge in [0.15, 0.2) is 0 Å². The van der Waals surface area contributed by atoms with Crippen molar-refractivity contribution in [2.45, 2.75) is 0 Å². The summed E-state index contributed by atoms with van der Waals surface area (Å²) in [5, 5.41) is 2.52. The molecule has 2 heteroatoms. The summed E-state index contributed by atoms with van der Waals surface area (Å²) in [7, 11) is 0. The third-order valence-corrected chi connectivity index (χ3v) is 5.23. The average Bonchev–Trinajstić information content (AvgIpc) is 3.45. The maximum absolute atomic E-state index is 3.41. The van der Waals surface area contributed by atoms with Crippen molar-refractivity contribution in [3.05, 3.63) is 121 Å². The maximum Gasteiger partial charge on any atom is 0.0464 e. The molecule has 0 unspecified atom stereocenters. The Morgan fingerprint density at radius 2 is 0.733 bits per heavy atom. The molecule has 0 aliphatic carbocycles. The van der Waals surface area contributed by atoms with Gasteiger partial charge < -0.3 is 9.97 Å². The quantitative estimate of drug-likeness (QED) is 0.306. The first-order valence-electron chi connectivity index (χ1n) is 10.1. The molecule has 0 amide bonds. The molecular weight excluding hydrogens is 364 g/mol.